The van der Waals surface area contributed by atoms with E-state index in [9.17, 15) is 5.26 Å². The molecule has 0 saturated carbocycles. The standard InChI is InChI=1S/C17H26N2O2/c1-6-19(7-2)12-11-17(3,13-18)14-9-8-10-15(20-4)16(14)21-5/h8-10H,6-7,11-12H2,1-5H3/t17-/m0/s1. The highest BCUT2D eigenvalue weighted by Crippen LogP contribution is 2.40. The summed E-state index contributed by atoms with van der Waals surface area (Å²) in [6.07, 6.45) is 0.759. The molecule has 4 heteroatoms. The van der Waals surface area contributed by atoms with E-state index in [0.29, 0.717) is 11.5 Å². The fourth-order valence-electron chi connectivity index (χ4n) is 2.49. The first kappa shape index (κ1) is 17.3. The van der Waals surface area contributed by atoms with Gasteiger partial charge < -0.3 is 14.4 Å². The lowest BCUT2D eigenvalue weighted by atomic mass is 9.80. The number of para-hydroxylation sites is 1. The van der Waals surface area contributed by atoms with Gasteiger partial charge in [-0.25, -0.2) is 0 Å². The number of benzene rings is 1. The van der Waals surface area contributed by atoms with E-state index in [1.165, 1.54) is 0 Å². The molecule has 0 spiro atoms. The molecule has 0 radical (unpaired) electrons. The summed E-state index contributed by atoms with van der Waals surface area (Å²) in [7, 11) is 3.23. The number of rotatable bonds is 8. The number of hydrogen-bond donors (Lipinski definition) is 0. The highest BCUT2D eigenvalue weighted by atomic mass is 16.5. The summed E-state index contributed by atoms with van der Waals surface area (Å²) in [6.45, 7) is 9.12. The fourth-order valence-corrected chi connectivity index (χ4v) is 2.49. The van der Waals surface area contributed by atoms with Gasteiger partial charge in [-0.05, 0) is 39.0 Å². The van der Waals surface area contributed by atoms with Crippen LogP contribution in [0.5, 0.6) is 11.5 Å². The van der Waals surface area contributed by atoms with Crippen molar-refractivity contribution in [2.24, 2.45) is 0 Å². The molecule has 0 amide bonds. The Balaban J connectivity index is 3.11. The average molecular weight is 290 g/mol. The van der Waals surface area contributed by atoms with Crippen LogP contribution in [0.1, 0.15) is 32.8 Å². The predicted octanol–water partition coefficient (Wildman–Crippen LogP) is 3.22. The van der Waals surface area contributed by atoms with Gasteiger partial charge in [-0.15, -0.1) is 0 Å². The van der Waals surface area contributed by atoms with Crippen LogP contribution in [-0.4, -0.2) is 38.8 Å². The van der Waals surface area contributed by atoms with Crippen LogP contribution in [0.25, 0.3) is 0 Å². The van der Waals surface area contributed by atoms with Crippen LogP contribution in [0, 0.1) is 11.3 Å². The zero-order chi connectivity index (χ0) is 15.9. The maximum absolute atomic E-state index is 9.72. The molecule has 0 unspecified atom stereocenters. The van der Waals surface area contributed by atoms with Crippen molar-refractivity contribution >= 4 is 0 Å². The third kappa shape index (κ3) is 3.89. The van der Waals surface area contributed by atoms with E-state index in [0.717, 1.165) is 31.6 Å². The van der Waals surface area contributed by atoms with Crippen molar-refractivity contribution in [3.8, 4) is 17.6 Å². The summed E-state index contributed by atoms with van der Waals surface area (Å²) in [6, 6.07) is 8.17. The smallest absolute Gasteiger partial charge is 0.165 e. The van der Waals surface area contributed by atoms with E-state index < -0.39 is 5.41 Å². The van der Waals surface area contributed by atoms with Gasteiger partial charge in [0.2, 0.25) is 0 Å². The van der Waals surface area contributed by atoms with Crippen molar-refractivity contribution in [3.63, 3.8) is 0 Å². The third-order valence-electron chi connectivity index (χ3n) is 4.07. The monoisotopic (exact) mass is 290 g/mol. The first-order chi connectivity index (χ1) is 10.1. The van der Waals surface area contributed by atoms with Crippen molar-refractivity contribution in [3.05, 3.63) is 23.8 Å². The zero-order valence-electron chi connectivity index (χ0n) is 13.8. The largest absolute Gasteiger partial charge is 0.493 e. The molecule has 116 valence electrons. The van der Waals surface area contributed by atoms with Crippen molar-refractivity contribution < 1.29 is 9.47 Å². The molecule has 0 N–H and O–H groups in total. The highest BCUT2D eigenvalue weighted by Gasteiger charge is 2.31. The number of nitriles is 1. The van der Waals surface area contributed by atoms with E-state index in [4.69, 9.17) is 9.47 Å². The van der Waals surface area contributed by atoms with Crippen LogP contribution in [0.3, 0.4) is 0 Å². The lowest BCUT2D eigenvalue weighted by molar-refractivity contribution is 0.277. The molecule has 0 heterocycles. The van der Waals surface area contributed by atoms with Gasteiger partial charge in [0.1, 0.15) is 0 Å². The fraction of sp³-hybridized carbons (Fsp3) is 0.588. The van der Waals surface area contributed by atoms with Gasteiger partial charge in [-0.1, -0.05) is 26.0 Å². The Hall–Kier alpha value is -1.73. The number of ether oxygens (including phenoxy) is 2. The topological polar surface area (TPSA) is 45.5 Å². The van der Waals surface area contributed by atoms with Crippen LogP contribution in [0.15, 0.2) is 18.2 Å². The Bertz CT molecular complexity index is 492. The second kappa shape index (κ2) is 7.90. The predicted molar refractivity (Wildman–Crippen MR) is 84.9 cm³/mol. The van der Waals surface area contributed by atoms with Gasteiger partial charge >= 0.3 is 0 Å². The summed E-state index contributed by atoms with van der Waals surface area (Å²) in [4.78, 5) is 2.32. The average Bonchev–Trinajstić information content (AvgIpc) is 2.54. The van der Waals surface area contributed by atoms with E-state index in [2.05, 4.69) is 24.8 Å². The summed E-state index contributed by atoms with van der Waals surface area (Å²) >= 11 is 0. The van der Waals surface area contributed by atoms with Crippen molar-refractivity contribution in [2.75, 3.05) is 33.9 Å². The van der Waals surface area contributed by atoms with Crippen LogP contribution in [0.2, 0.25) is 0 Å². The lowest BCUT2D eigenvalue weighted by Crippen LogP contribution is -2.31. The molecule has 0 fully saturated rings. The number of methoxy groups -OCH3 is 2. The number of hydrogen-bond acceptors (Lipinski definition) is 4. The molecule has 21 heavy (non-hydrogen) atoms. The molecule has 0 aliphatic heterocycles. The van der Waals surface area contributed by atoms with Crippen LogP contribution >= 0.6 is 0 Å². The lowest BCUT2D eigenvalue weighted by Gasteiger charge is -2.28. The molecule has 0 aliphatic carbocycles. The van der Waals surface area contributed by atoms with Crippen molar-refractivity contribution in [1.82, 2.24) is 4.90 Å². The van der Waals surface area contributed by atoms with Crippen molar-refractivity contribution in [1.29, 1.82) is 5.26 Å². The van der Waals surface area contributed by atoms with Gasteiger partial charge in [0.05, 0.1) is 25.7 Å². The minimum atomic E-state index is -0.595. The molecule has 0 aromatic heterocycles. The molecule has 0 saturated heterocycles. The summed E-state index contributed by atoms with van der Waals surface area (Å²) in [5.74, 6) is 1.32. The first-order valence-electron chi connectivity index (χ1n) is 7.41. The van der Waals surface area contributed by atoms with Crippen LogP contribution < -0.4 is 9.47 Å². The SMILES string of the molecule is CCN(CC)CC[C@@](C)(C#N)c1cccc(OC)c1OC. The maximum atomic E-state index is 9.72. The van der Waals surface area contributed by atoms with E-state index >= 15 is 0 Å². The Morgan fingerprint density at radius 2 is 1.86 bits per heavy atom. The molecule has 1 rings (SSSR count). The normalized spacial score (nSPS) is 13.6. The quantitative estimate of drug-likeness (QED) is 0.737. The van der Waals surface area contributed by atoms with Gasteiger partial charge in [-0.2, -0.15) is 5.26 Å². The summed E-state index contributed by atoms with van der Waals surface area (Å²) in [5.41, 5.74) is 0.293. The Kier molecular flexibility index (Phi) is 6.51. The maximum Gasteiger partial charge on any atom is 0.165 e. The molecule has 0 bridgehead atoms. The van der Waals surface area contributed by atoms with Gasteiger partial charge in [0.25, 0.3) is 0 Å². The summed E-state index contributed by atoms with van der Waals surface area (Å²) in [5, 5.41) is 9.72. The summed E-state index contributed by atoms with van der Waals surface area (Å²) < 4.78 is 10.8. The number of nitrogens with zero attached hydrogens (tertiary/aromatic N) is 2. The van der Waals surface area contributed by atoms with Gasteiger partial charge in [0.15, 0.2) is 11.5 Å². The van der Waals surface area contributed by atoms with E-state index in [-0.39, 0.29) is 0 Å². The first-order valence-corrected chi connectivity index (χ1v) is 7.41. The molecule has 4 nitrogen and oxygen atoms in total. The molecular formula is C17H26N2O2. The zero-order valence-corrected chi connectivity index (χ0v) is 13.8. The molecule has 0 aliphatic rings. The second-order valence-corrected chi connectivity index (χ2v) is 5.26. The minimum Gasteiger partial charge on any atom is -0.493 e. The van der Waals surface area contributed by atoms with Crippen LogP contribution in [-0.2, 0) is 5.41 Å². The second-order valence-electron chi connectivity index (χ2n) is 5.26. The van der Waals surface area contributed by atoms with Gasteiger partial charge in [0, 0.05) is 5.56 Å². The Morgan fingerprint density at radius 3 is 2.33 bits per heavy atom. The Labute approximate surface area is 128 Å². The Morgan fingerprint density at radius 1 is 1.19 bits per heavy atom. The van der Waals surface area contributed by atoms with E-state index in [1.54, 1.807) is 14.2 Å². The molecule has 1 aromatic rings. The minimum absolute atomic E-state index is 0.595. The van der Waals surface area contributed by atoms with Crippen LogP contribution in [0.4, 0.5) is 0 Å². The van der Waals surface area contributed by atoms with E-state index in [1.807, 2.05) is 25.1 Å². The molecule has 1 aromatic carbocycles. The highest BCUT2D eigenvalue weighted by molar-refractivity contribution is 5.52. The molecular weight excluding hydrogens is 264 g/mol. The van der Waals surface area contributed by atoms with Gasteiger partial charge in [-0.3, -0.25) is 0 Å². The molecule has 1 atom stereocenters. The van der Waals surface area contributed by atoms with Crippen molar-refractivity contribution in [2.45, 2.75) is 32.6 Å². The third-order valence-corrected chi connectivity index (χ3v) is 4.07.